The molecule has 28 heavy (non-hydrogen) atoms. The number of halogens is 1. The monoisotopic (exact) mass is 456 g/mol. The van der Waals surface area contributed by atoms with Crippen molar-refractivity contribution in [2.75, 3.05) is 10.6 Å². The zero-order valence-corrected chi connectivity index (χ0v) is 18.3. The summed E-state index contributed by atoms with van der Waals surface area (Å²) in [6.07, 6.45) is 0. The summed E-state index contributed by atoms with van der Waals surface area (Å²) in [6, 6.07) is 15.3. The Bertz CT molecular complexity index is 1030. The Morgan fingerprint density at radius 2 is 1.79 bits per heavy atom. The molecule has 0 spiro atoms. The minimum atomic E-state index is 0.0405. The predicted molar refractivity (Wildman–Crippen MR) is 121 cm³/mol. The topological polar surface area (TPSA) is 59.0 Å². The molecule has 2 aromatic carbocycles. The number of carbonyl (C=O) groups is 1. The molecule has 0 aliphatic carbocycles. The van der Waals surface area contributed by atoms with Gasteiger partial charge in [-0.3, -0.25) is 9.48 Å². The lowest BCUT2D eigenvalue weighted by molar-refractivity contribution is 0.101. The SMILES string of the molecule is CC(=O)c1ccc(NC(=S)Nc2cccc(Cn3nc(C)c(Br)c3C)c2)cc1. The smallest absolute Gasteiger partial charge is 0.175 e. The molecule has 0 saturated carbocycles. The first-order chi connectivity index (χ1) is 13.3. The third-order valence-corrected chi connectivity index (χ3v) is 5.71. The van der Waals surface area contributed by atoms with Gasteiger partial charge in [0, 0.05) is 16.9 Å². The Kier molecular flexibility index (Phi) is 6.26. The molecule has 144 valence electrons. The van der Waals surface area contributed by atoms with Gasteiger partial charge in [0.1, 0.15) is 0 Å². The molecule has 3 aromatic rings. The highest BCUT2D eigenvalue weighted by Crippen LogP contribution is 2.21. The highest BCUT2D eigenvalue weighted by atomic mass is 79.9. The van der Waals surface area contributed by atoms with Gasteiger partial charge in [0.2, 0.25) is 0 Å². The number of ketones is 1. The van der Waals surface area contributed by atoms with E-state index in [2.05, 4.69) is 43.8 Å². The standard InChI is InChI=1S/C21H21BrN4OS/c1-13-20(22)14(2)26(25-13)12-16-5-4-6-19(11-16)24-21(28)23-18-9-7-17(8-10-18)15(3)27/h4-11H,12H2,1-3H3,(H2,23,24,28). The van der Waals surface area contributed by atoms with Crippen LogP contribution in [0.4, 0.5) is 11.4 Å². The maximum atomic E-state index is 11.4. The number of hydrogen-bond donors (Lipinski definition) is 2. The molecule has 0 aliphatic heterocycles. The molecule has 0 bridgehead atoms. The lowest BCUT2D eigenvalue weighted by Gasteiger charge is -2.12. The van der Waals surface area contributed by atoms with E-state index in [1.807, 2.05) is 42.8 Å². The van der Waals surface area contributed by atoms with E-state index in [-0.39, 0.29) is 5.78 Å². The van der Waals surface area contributed by atoms with Crippen molar-refractivity contribution in [1.82, 2.24) is 9.78 Å². The summed E-state index contributed by atoms with van der Waals surface area (Å²) >= 11 is 8.97. The van der Waals surface area contributed by atoms with E-state index in [9.17, 15) is 4.79 Å². The molecule has 0 fully saturated rings. The molecule has 0 atom stereocenters. The third kappa shape index (κ3) is 4.85. The highest BCUT2D eigenvalue weighted by Gasteiger charge is 2.09. The first kappa shape index (κ1) is 20.2. The molecule has 0 amide bonds. The van der Waals surface area contributed by atoms with Crippen LogP contribution in [0.3, 0.4) is 0 Å². The van der Waals surface area contributed by atoms with Crippen molar-refractivity contribution >= 4 is 50.4 Å². The van der Waals surface area contributed by atoms with E-state index in [0.29, 0.717) is 17.2 Å². The van der Waals surface area contributed by atoms with Crippen molar-refractivity contribution in [2.45, 2.75) is 27.3 Å². The number of thiocarbonyl (C=S) groups is 1. The van der Waals surface area contributed by atoms with Crippen LogP contribution in [-0.2, 0) is 6.54 Å². The van der Waals surface area contributed by atoms with E-state index >= 15 is 0 Å². The maximum Gasteiger partial charge on any atom is 0.175 e. The molecule has 0 radical (unpaired) electrons. The van der Waals surface area contributed by atoms with E-state index in [1.54, 1.807) is 19.1 Å². The number of nitrogens with zero attached hydrogens (tertiary/aromatic N) is 2. The summed E-state index contributed by atoms with van der Waals surface area (Å²) in [5.41, 5.74) is 5.60. The minimum Gasteiger partial charge on any atom is -0.332 e. The number of benzene rings is 2. The molecule has 3 rings (SSSR count). The van der Waals surface area contributed by atoms with Crippen LogP contribution in [0.2, 0.25) is 0 Å². The average Bonchev–Trinajstić information content (AvgIpc) is 2.89. The largest absolute Gasteiger partial charge is 0.332 e. The average molecular weight is 457 g/mol. The summed E-state index contributed by atoms with van der Waals surface area (Å²) in [4.78, 5) is 11.4. The number of hydrogen-bond acceptors (Lipinski definition) is 3. The zero-order valence-electron chi connectivity index (χ0n) is 15.9. The van der Waals surface area contributed by atoms with Crippen molar-refractivity contribution < 1.29 is 4.79 Å². The van der Waals surface area contributed by atoms with Gasteiger partial charge in [0.05, 0.1) is 22.4 Å². The Hall–Kier alpha value is -2.51. The van der Waals surface area contributed by atoms with E-state index in [1.165, 1.54) is 0 Å². The van der Waals surface area contributed by atoms with Crippen LogP contribution >= 0.6 is 28.1 Å². The van der Waals surface area contributed by atoms with Gasteiger partial charge < -0.3 is 10.6 Å². The molecule has 7 heteroatoms. The second kappa shape index (κ2) is 8.67. The molecule has 5 nitrogen and oxygen atoms in total. The first-order valence-electron chi connectivity index (χ1n) is 8.81. The fourth-order valence-electron chi connectivity index (χ4n) is 2.83. The predicted octanol–water partition coefficient (Wildman–Crippen LogP) is 5.32. The van der Waals surface area contributed by atoms with Gasteiger partial charge in [-0.1, -0.05) is 12.1 Å². The zero-order chi connectivity index (χ0) is 20.3. The summed E-state index contributed by atoms with van der Waals surface area (Å²) in [5.74, 6) is 0.0405. The molecule has 0 aliphatic rings. The van der Waals surface area contributed by atoms with Crippen molar-refractivity contribution in [1.29, 1.82) is 0 Å². The quantitative estimate of drug-likeness (QED) is 0.401. The molecule has 0 unspecified atom stereocenters. The van der Waals surface area contributed by atoms with E-state index < -0.39 is 0 Å². The lowest BCUT2D eigenvalue weighted by atomic mass is 10.1. The second-order valence-electron chi connectivity index (χ2n) is 6.56. The van der Waals surface area contributed by atoms with Crippen molar-refractivity contribution in [2.24, 2.45) is 0 Å². The van der Waals surface area contributed by atoms with Crippen LogP contribution in [0, 0.1) is 13.8 Å². The molecule has 0 saturated heterocycles. The van der Waals surface area contributed by atoms with Gasteiger partial charge in [-0.15, -0.1) is 0 Å². The van der Waals surface area contributed by atoms with E-state index in [4.69, 9.17) is 12.2 Å². The molecular formula is C21H21BrN4OS. The molecule has 2 N–H and O–H groups in total. The van der Waals surface area contributed by atoms with Gasteiger partial charge in [-0.2, -0.15) is 5.10 Å². The van der Waals surface area contributed by atoms with Gasteiger partial charge in [0.25, 0.3) is 0 Å². The Labute approximate surface area is 178 Å². The Balaban J connectivity index is 1.65. The lowest BCUT2D eigenvalue weighted by Crippen LogP contribution is -2.19. The second-order valence-corrected chi connectivity index (χ2v) is 7.76. The van der Waals surface area contributed by atoms with Gasteiger partial charge >= 0.3 is 0 Å². The van der Waals surface area contributed by atoms with Crippen LogP contribution in [0.15, 0.2) is 53.0 Å². The highest BCUT2D eigenvalue weighted by molar-refractivity contribution is 9.10. The fourth-order valence-corrected chi connectivity index (χ4v) is 3.35. The number of rotatable bonds is 5. The van der Waals surface area contributed by atoms with Crippen LogP contribution in [0.5, 0.6) is 0 Å². The Morgan fingerprint density at radius 3 is 2.39 bits per heavy atom. The summed E-state index contributed by atoms with van der Waals surface area (Å²) in [7, 11) is 0. The summed E-state index contributed by atoms with van der Waals surface area (Å²) < 4.78 is 3.02. The first-order valence-corrected chi connectivity index (χ1v) is 10.0. The van der Waals surface area contributed by atoms with Crippen LogP contribution in [0.1, 0.15) is 34.2 Å². The van der Waals surface area contributed by atoms with Crippen LogP contribution < -0.4 is 10.6 Å². The Morgan fingerprint density at radius 1 is 1.11 bits per heavy atom. The normalized spacial score (nSPS) is 10.6. The van der Waals surface area contributed by atoms with Crippen LogP contribution in [0.25, 0.3) is 0 Å². The summed E-state index contributed by atoms with van der Waals surface area (Å²) in [5, 5.41) is 11.4. The van der Waals surface area contributed by atoms with Gasteiger partial charge in [-0.25, -0.2) is 0 Å². The number of aryl methyl sites for hydroxylation is 1. The number of carbonyl (C=O) groups excluding carboxylic acids is 1. The molecule has 1 heterocycles. The maximum absolute atomic E-state index is 11.4. The molecule has 1 aromatic heterocycles. The number of Topliss-reactive ketones (excluding diaryl/α,β-unsaturated/α-hetero) is 1. The summed E-state index contributed by atoms with van der Waals surface area (Å²) in [6.45, 7) is 6.26. The fraction of sp³-hybridized carbons (Fsp3) is 0.190. The van der Waals surface area contributed by atoms with Crippen molar-refractivity contribution in [3.05, 3.63) is 75.5 Å². The van der Waals surface area contributed by atoms with Crippen molar-refractivity contribution in [3.63, 3.8) is 0 Å². The third-order valence-electron chi connectivity index (χ3n) is 4.36. The number of nitrogens with one attached hydrogen (secondary N) is 2. The van der Waals surface area contributed by atoms with Gasteiger partial charge in [0.15, 0.2) is 10.9 Å². The van der Waals surface area contributed by atoms with Gasteiger partial charge in [-0.05, 0) is 90.9 Å². The molecular weight excluding hydrogens is 436 g/mol. The minimum absolute atomic E-state index is 0.0405. The van der Waals surface area contributed by atoms with Crippen molar-refractivity contribution in [3.8, 4) is 0 Å². The number of aromatic nitrogens is 2. The number of anilines is 2. The van der Waals surface area contributed by atoms with Crippen LogP contribution in [-0.4, -0.2) is 20.7 Å². The van der Waals surface area contributed by atoms with E-state index in [0.717, 1.165) is 32.8 Å².